The number of H-pyrrole nitrogens is 1. The number of aromatic nitrogens is 2. The number of rotatable bonds is 3. The number of halogens is 1. The average Bonchev–Trinajstić information content (AvgIpc) is 3.19. The Hall–Kier alpha value is -2.21. The van der Waals surface area contributed by atoms with Crippen molar-refractivity contribution in [2.75, 3.05) is 6.54 Å². The molecule has 6 heteroatoms. The van der Waals surface area contributed by atoms with E-state index in [4.69, 9.17) is 0 Å². The van der Waals surface area contributed by atoms with E-state index in [0.717, 1.165) is 42.6 Å². The molecule has 2 aromatic rings. The highest BCUT2D eigenvalue weighted by Crippen LogP contribution is 2.33. The maximum Gasteiger partial charge on any atom is 0.229 e. The number of aryl methyl sites for hydroxylation is 1. The van der Waals surface area contributed by atoms with Crippen molar-refractivity contribution in [1.29, 1.82) is 0 Å². The monoisotopic (exact) mass is 343 g/mol. The lowest BCUT2D eigenvalue weighted by Gasteiger charge is -2.25. The first kappa shape index (κ1) is 16.3. The molecule has 25 heavy (non-hydrogen) atoms. The van der Waals surface area contributed by atoms with Gasteiger partial charge in [0, 0.05) is 12.2 Å². The zero-order valence-corrected chi connectivity index (χ0v) is 14.0. The Kier molecular flexibility index (Phi) is 4.29. The molecule has 1 aromatic heterocycles. The number of carbonyl (C=O) groups is 1. The van der Waals surface area contributed by atoms with Crippen molar-refractivity contribution < 1.29 is 14.3 Å². The minimum Gasteiger partial charge on any atom is -0.391 e. The Bertz CT molecular complexity index is 789. The summed E-state index contributed by atoms with van der Waals surface area (Å²) in [7, 11) is 0. The van der Waals surface area contributed by atoms with Crippen LogP contribution in [0.25, 0.3) is 0 Å². The van der Waals surface area contributed by atoms with Crippen LogP contribution in [0.15, 0.2) is 24.3 Å². The molecule has 0 spiro atoms. The van der Waals surface area contributed by atoms with E-state index in [1.54, 1.807) is 11.0 Å². The fourth-order valence-corrected chi connectivity index (χ4v) is 4.06. The van der Waals surface area contributed by atoms with Gasteiger partial charge in [-0.15, -0.1) is 0 Å². The van der Waals surface area contributed by atoms with Gasteiger partial charge in [0.05, 0.1) is 24.3 Å². The SMILES string of the molecule is O=C(Cc1n[nH]c2c1CCCC2)N1C[C@@H](O)C[C@@H]1c1cccc(F)c1. The second-order valence-corrected chi connectivity index (χ2v) is 7.02. The van der Waals surface area contributed by atoms with Crippen LogP contribution in [0, 0.1) is 5.82 Å². The molecule has 2 aliphatic rings. The summed E-state index contributed by atoms with van der Waals surface area (Å²) in [6.07, 6.45) is 4.32. The molecule has 132 valence electrons. The van der Waals surface area contributed by atoms with Gasteiger partial charge in [-0.3, -0.25) is 9.89 Å². The summed E-state index contributed by atoms with van der Waals surface area (Å²) in [5.74, 6) is -0.390. The van der Waals surface area contributed by atoms with Crippen LogP contribution < -0.4 is 0 Å². The zero-order valence-electron chi connectivity index (χ0n) is 14.0. The van der Waals surface area contributed by atoms with Crippen LogP contribution in [-0.2, 0) is 24.1 Å². The minimum absolute atomic E-state index is 0.0642. The van der Waals surface area contributed by atoms with Crippen molar-refractivity contribution in [3.05, 3.63) is 52.6 Å². The van der Waals surface area contributed by atoms with Gasteiger partial charge >= 0.3 is 0 Å². The minimum atomic E-state index is -0.578. The van der Waals surface area contributed by atoms with Gasteiger partial charge in [0.15, 0.2) is 0 Å². The molecule has 1 aliphatic heterocycles. The van der Waals surface area contributed by atoms with Gasteiger partial charge in [0.2, 0.25) is 5.91 Å². The van der Waals surface area contributed by atoms with E-state index in [2.05, 4.69) is 10.2 Å². The van der Waals surface area contributed by atoms with Gasteiger partial charge in [0.1, 0.15) is 5.82 Å². The Labute approximate surface area is 145 Å². The molecular formula is C19H22FN3O2. The molecule has 1 aromatic carbocycles. The molecule has 2 atom stereocenters. The number of carbonyl (C=O) groups excluding carboxylic acids is 1. The van der Waals surface area contributed by atoms with Crippen molar-refractivity contribution in [3.63, 3.8) is 0 Å². The lowest BCUT2D eigenvalue weighted by atomic mass is 9.95. The number of aliphatic hydroxyl groups is 1. The third-order valence-electron chi connectivity index (χ3n) is 5.29. The second-order valence-electron chi connectivity index (χ2n) is 7.02. The highest BCUT2D eigenvalue weighted by atomic mass is 19.1. The number of likely N-dealkylation sites (tertiary alicyclic amines) is 1. The van der Waals surface area contributed by atoms with Crippen molar-refractivity contribution in [2.45, 2.75) is 50.7 Å². The molecule has 1 amide bonds. The molecule has 2 heterocycles. The lowest BCUT2D eigenvalue weighted by Crippen LogP contribution is -2.33. The Morgan fingerprint density at radius 1 is 1.36 bits per heavy atom. The van der Waals surface area contributed by atoms with Gasteiger partial charge in [-0.05, 0) is 55.4 Å². The number of benzene rings is 1. The fourth-order valence-electron chi connectivity index (χ4n) is 4.06. The molecular weight excluding hydrogens is 321 g/mol. The summed E-state index contributed by atoms with van der Waals surface area (Å²) in [5.41, 5.74) is 3.88. The Morgan fingerprint density at radius 2 is 2.20 bits per heavy atom. The number of aliphatic hydroxyl groups excluding tert-OH is 1. The molecule has 2 N–H and O–H groups in total. The van der Waals surface area contributed by atoms with Crippen LogP contribution in [0.4, 0.5) is 4.39 Å². The third-order valence-corrected chi connectivity index (χ3v) is 5.29. The summed E-state index contributed by atoms with van der Waals surface area (Å²) in [6, 6.07) is 5.99. The van der Waals surface area contributed by atoms with E-state index in [1.165, 1.54) is 17.7 Å². The number of aromatic amines is 1. The molecule has 1 fully saturated rings. The van der Waals surface area contributed by atoms with Gasteiger partial charge in [0.25, 0.3) is 0 Å². The highest BCUT2D eigenvalue weighted by Gasteiger charge is 2.36. The largest absolute Gasteiger partial charge is 0.391 e. The fraction of sp³-hybridized carbons (Fsp3) is 0.474. The summed E-state index contributed by atoms with van der Waals surface area (Å²) in [6.45, 7) is 0.284. The zero-order chi connectivity index (χ0) is 17.4. The number of hydrogen-bond acceptors (Lipinski definition) is 3. The Morgan fingerprint density at radius 3 is 3.04 bits per heavy atom. The van der Waals surface area contributed by atoms with Gasteiger partial charge in [-0.2, -0.15) is 5.10 Å². The van der Waals surface area contributed by atoms with Crippen LogP contribution >= 0.6 is 0 Å². The van der Waals surface area contributed by atoms with Crippen LogP contribution in [0.1, 0.15) is 47.8 Å². The van der Waals surface area contributed by atoms with Crippen LogP contribution in [-0.4, -0.2) is 38.8 Å². The van der Waals surface area contributed by atoms with Gasteiger partial charge in [-0.1, -0.05) is 12.1 Å². The predicted octanol–water partition coefficient (Wildman–Crippen LogP) is 2.30. The first-order valence-electron chi connectivity index (χ1n) is 8.90. The molecule has 0 saturated carbocycles. The second kappa shape index (κ2) is 6.59. The maximum atomic E-state index is 13.6. The van der Waals surface area contributed by atoms with E-state index in [-0.39, 0.29) is 30.7 Å². The summed E-state index contributed by atoms with van der Waals surface area (Å²) >= 11 is 0. The Balaban J connectivity index is 1.55. The number of nitrogens with zero attached hydrogens (tertiary/aromatic N) is 2. The summed E-state index contributed by atoms with van der Waals surface area (Å²) < 4.78 is 13.6. The van der Waals surface area contributed by atoms with Crippen LogP contribution in [0.3, 0.4) is 0 Å². The molecule has 0 unspecified atom stereocenters. The molecule has 1 aliphatic carbocycles. The van der Waals surface area contributed by atoms with Gasteiger partial charge < -0.3 is 10.0 Å². The maximum absolute atomic E-state index is 13.6. The van der Waals surface area contributed by atoms with Crippen molar-refractivity contribution in [1.82, 2.24) is 15.1 Å². The number of hydrogen-bond donors (Lipinski definition) is 2. The van der Waals surface area contributed by atoms with E-state index in [1.807, 2.05) is 6.07 Å². The molecule has 5 nitrogen and oxygen atoms in total. The normalized spacial score (nSPS) is 22.9. The van der Waals surface area contributed by atoms with E-state index in [9.17, 15) is 14.3 Å². The van der Waals surface area contributed by atoms with Crippen LogP contribution in [0.2, 0.25) is 0 Å². The van der Waals surface area contributed by atoms with E-state index >= 15 is 0 Å². The van der Waals surface area contributed by atoms with Crippen molar-refractivity contribution in [2.24, 2.45) is 0 Å². The van der Waals surface area contributed by atoms with Crippen LogP contribution in [0.5, 0.6) is 0 Å². The van der Waals surface area contributed by atoms with E-state index < -0.39 is 6.10 Å². The van der Waals surface area contributed by atoms with Gasteiger partial charge in [-0.25, -0.2) is 4.39 Å². The molecule has 1 saturated heterocycles. The number of β-amino-alcohol motifs (C(OH)–C–C–N with tert-alkyl or cyclic N) is 1. The quantitative estimate of drug-likeness (QED) is 0.898. The molecule has 0 radical (unpaired) electrons. The van der Waals surface area contributed by atoms with Crippen molar-refractivity contribution >= 4 is 5.91 Å². The lowest BCUT2D eigenvalue weighted by molar-refractivity contribution is -0.131. The number of amides is 1. The van der Waals surface area contributed by atoms with Crippen molar-refractivity contribution in [3.8, 4) is 0 Å². The highest BCUT2D eigenvalue weighted by molar-refractivity contribution is 5.79. The molecule has 0 bridgehead atoms. The first-order chi connectivity index (χ1) is 12.1. The van der Waals surface area contributed by atoms with E-state index in [0.29, 0.717) is 6.42 Å². The average molecular weight is 343 g/mol. The smallest absolute Gasteiger partial charge is 0.229 e. The molecule has 4 rings (SSSR count). The summed E-state index contributed by atoms with van der Waals surface area (Å²) in [4.78, 5) is 14.5. The number of nitrogens with one attached hydrogen (secondary N) is 1. The first-order valence-corrected chi connectivity index (χ1v) is 8.90. The summed E-state index contributed by atoms with van der Waals surface area (Å²) in [5, 5.41) is 17.5. The topological polar surface area (TPSA) is 69.2 Å². The standard InChI is InChI=1S/C19H22FN3O2/c20-13-5-3-4-12(8-13)18-9-14(24)11-23(18)19(25)10-17-15-6-1-2-7-16(15)21-22-17/h3-5,8,14,18,24H,1-2,6-7,9-11H2,(H,21,22)/t14-,18+/m0/s1. The number of fused-ring (bicyclic) bond motifs is 1. The third kappa shape index (κ3) is 3.18. The predicted molar refractivity (Wildman–Crippen MR) is 90.4 cm³/mol.